The molecule has 0 aromatic heterocycles. The Labute approximate surface area is 131 Å². The number of allylic oxidation sites excluding steroid dienone is 1. The van der Waals surface area contributed by atoms with E-state index in [1.165, 1.54) is 12.1 Å². The van der Waals surface area contributed by atoms with Gasteiger partial charge in [-0.1, -0.05) is 23.7 Å². The van der Waals surface area contributed by atoms with E-state index in [4.69, 9.17) is 27.8 Å². The largest absolute Gasteiger partial charge is 0.440 e. The summed E-state index contributed by atoms with van der Waals surface area (Å²) in [5, 5.41) is 9.61. The number of halogens is 2. The summed E-state index contributed by atoms with van der Waals surface area (Å²) >= 11 is 6.15. The van der Waals surface area contributed by atoms with Gasteiger partial charge in [0.2, 0.25) is 5.88 Å². The van der Waals surface area contributed by atoms with E-state index < -0.39 is 11.7 Å². The Morgan fingerprint density at radius 3 is 2.68 bits per heavy atom. The molecule has 0 radical (unpaired) electrons. The number of nitriles is 1. The van der Waals surface area contributed by atoms with Crippen molar-refractivity contribution in [3.8, 4) is 11.8 Å². The molecule has 0 amide bonds. The second kappa shape index (κ2) is 5.24. The van der Waals surface area contributed by atoms with E-state index in [1.54, 1.807) is 24.3 Å². The highest BCUT2D eigenvalue weighted by atomic mass is 35.5. The third-order valence-corrected chi connectivity index (χ3v) is 3.86. The molecule has 0 saturated heterocycles. The van der Waals surface area contributed by atoms with Gasteiger partial charge in [-0.05, 0) is 18.2 Å². The van der Waals surface area contributed by atoms with E-state index in [0.717, 1.165) is 0 Å². The zero-order valence-corrected chi connectivity index (χ0v) is 12.1. The topological polar surface area (TPSA) is 85.1 Å². The highest BCUT2D eigenvalue weighted by molar-refractivity contribution is 6.31. The Hall–Kier alpha value is -2.71. The minimum Gasteiger partial charge on any atom is -0.440 e. The van der Waals surface area contributed by atoms with Crippen molar-refractivity contribution in [2.24, 2.45) is 5.73 Å². The summed E-state index contributed by atoms with van der Waals surface area (Å²) in [5.41, 5.74) is 12.9. The van der Waals surface area contributed by atoms with Crippen LogP contribution < -0.4 is 16.2 Å². The van der Waals surface area contributed by atoms with Crippen LogP contribution in [0.4, 0.5) is 10.1 Å². The fourth-order valence-electron chi connectivity index (χ4n) is 2.56. The van der Waals surface area contributed by atoms with Crippen molar-refractivity contribution in [2.45, 2.75) is 5.92 Å². The Balaban J connectivity index is 2.31. The molecule has 2 aromatic carbocycles. The number of nitrogen functional groups attached to an aromatic ring is 1. The van der Waals surface area contributed by atoms with Gasteiger partial charge in [-0.15, -0.1) is 0 Å². The van der Waals surface area contributed by atoms with Crippen LogP contribution in [0, 0.1) is 17.1 Å². The predicted molar refractivity (Wildman–Crippen MR) is 81.6 cm³/mol. The van der Waals surface area contributed by atoms with E-state index in [9.17, 15) is 9.65 Å². The molecule has 1 heterocycles. The molecule has 0 spiro atoms. The molecular formula is C16H11ClFN3O. The molecular weight excluding hydrogens is 305 g/mol. The van der Waals surface area contributed by atoms with Gasteiger partial charge in [-0.2, -0.15) is 5.26 Å². The average Bonchev–Trinajstić information content (AvgIpc) is 2.46. The van der Waals surface area contributed by atoms with E-state index in [-0.39, 0.29) is 22.0 Å². The molecule has 0 aliphatic carbocycles. The third-order valence-electron chi connectivity index (χ3n) is 3.53. The lowest BCUT2D eigenvalue weighted by molar-refractivity contribution is 0.393. The number of hydrogen-bond donors (Lipinski definition) is 2. The summed E-state index contributed by atoms with van der Waals surface area (Å²) in [6, 6.07) is 11.3. The third kappa shape index (κ3) is 2.14. The van der Waals surface area contributed by atoms with Crippen LogP contribution in [-0.4, -0.2) is 0 Å². The zero-order valence-electron chi connectivity index (χ0n) is 11.3. The van der Waals surface area contributed by atoms with Crippen molar-refractivity contribution >= 4 is 17.3 Å². The van der Waals surface area contributed by atoms with E-state index >= 15 is 0 Å². The maximum Gasteiger partial charge on any atom is 0.205 e. The van der Waals surface area contributed by atoms with Gasteiger partial charge in [-0.3, -0.25) is 0 Å². The van der Waals surface area contributed by atoms with Gasteiger partial charge in [0.25, 0.3) is 0 Å². The fourth-order valence-corrected chi connectivity index (χ4v) is 2.83. The lowest BCUT2D eigenvalue weighted by Gasteiger charge is -2.27. The Morgan fingerprint density at radius 1 is 1.23 bits per heavy atom. The fraction of sp³-hybridized carbons (Fsp3) is 0.0625. The number of ether oxygens (including phenoxy) is 1. The van der Waals surface area contributed by atoms with Gasteiger partial charge in [0, 0.05) is 27.9 Å². The SMILES string of the molecule is N#CC1=C(N)Oc2cc(N)ccc2C1c1c(F)cccc1Cl. The molecule has 2 aromatic rings. The van der Waals surface area contributed by atoms with Gasteiger partial charge >= 0.3 is 0 Å². The molecule has 4 nitrogen and oxygen atoms in total. The summed E-state index contributed by atoms with van der Waals surface area (Å²) in [6.45, 7) is 0. The Morgan fingerprint density at radius 2 is 2.00 bits per heavy atom. The van der Waals surface area contributed by atoms with Crippen LogP contribution in [0.2, 0.25) is 5.02 Å². The normalized spacial score (nSPS) is 16.7. The second-order valence-corrected chi connectivity index (χ2v) is 5.26. The molecule has 1 unspecified atom stereocenters. The molecule has 110 valence electrons. The van der Waals surface area contributed by atoms with Gasteiger partial charge < -0.3 is 16.2 Å². The van der Waals surface area contributed by atoms with Crippen molar-refractivity contribution in [3.05, 3.63) is 69.8 Å². The van der Waals surface area contributed by atoms with Gasteiger partial charge in [0.1, 0.15) is 23.2 Å². The average molecular weight is 316 g/mol. The number of nitrogens with zero attached hydrogens (tertiary/aromatic N) is 1. The van der Waals surface area contributed by atoms with Crippen LogP contribution in [0.5, 0.6) is 5.75 Å². The van der Waals surface area contributed by atoms with Crippen molar-refractivity contribution in [1.82, 2.24) is 0 Å². The number of rotatable bonds is 1. The molecule has 1 aliphatic heterocycles. The lowest BCUT2D eigenvalue weighted by Crippen LogP contribution is -2.22. The minimum absolute atomic E-state index is 0.0788. The van der Waals surface area contributed by atoms with Crippen molar-refractivity contribution < 1.29 is 9.13 Å². The van der Waals surface area contributed by atoms with Crippen LogP contribution in [0.15, 0.2) is 47.9 Å². The Kier molecular flexibility index (Phi) is 3.39. The minimum atomic E-state index is -0.733. The van der Waals surface area contributed by atoms with Crippen LogP contribution in [-0.2, 0) is 0 Å². The van der Waals surface area contributed by atoms with Gasteiger partial charge in [0.05, 0.1) is 5.92 Å². The van der Waals surface area contributed by atoms with E-state index in [2.05, 4.69) is 0 Å². The lowest BCUT2D eigenvalue weighted by atomic mass is 9.83. The number of fused-ring (bicyclic) bond motifs is 1. The molecule has 6 heteroatoms. The predicted octanol–water partition coefficient (Wildman–Crippen LogP) is 3.28. The summed E-state index contributed by atoms with van der Waals surface area (Å²) < 4.78 is 19.8. The van der Waals surface area contributed by atoms with Crippen molar-refractivity contribution in [3.63, 3.8) is 0 Å². The molecule has 22 heavy (non-hydrogen) atoms. The maximum absolute atomic E-state index is 14.3. The molecule has 1 atom stereocenters. The molecule has 0 bridgehead atoms. The van der Waals surface area contributed by atoms with Crippen LogP contribution >= 0.6 is 11.6 Å². The maximum atomic E-state index is 14.3. The van der Waals surface area contributed by atoms with E-state index in [0.29, 0.717) is 17.0 Å². The summed E-state index contributed by atoms with van der Waals surface area (Å²) in [5.74, 6) is -0.934. The van der Waals surface area contributed by atoms with Crippen LogP contribution in [0.3, 0.4) is 0 Å². The second-order valence-electron chi connectivity index (χ2n) is 4.86. The van der Waals surface area contributed by atoms with Gasteiger partial charge in [-0.25, -0.2) is 4.39 Å². The standard InChI is InChI=1S/C16H11ClFN3O/c17-11-2-1-3-12(18)15(11)14-9-5-4-8(20)6-13(9)22-16(21)10(14)7-19/h1-6,14H,20-21H2. The van der Waals surface area contributed by atoms with Gasteiger partial charge in [0.15, 0.2) is 0 Å². The highest BCUT2D eigenvalue weighted by Gasteiger charge is 2.33. The van der Waals surface area contributed by atoms with Crippen LogP contribution in [0.1, 0.15) is 17.0 Å². The van der Waals surface area contributed by atoms with Crippen LogP contribution in [0.25, 0.3) is 0 Å². The van der Waals surface area contributed by atoms with Crippen molar-refractivity contribution in [1.29, 1.82) is 5.26 Å². The number of benzene rings is 2. The smallest absolute Gasteiger partial charge is 0.205 e. The molecule has 0 fully saturated rings. The molecule has 4 N–H and O–H groups in total. The Bertz CT molecular complexity index is 822. The summed E-state index contributed by atoms with van der Waals surface area (Å²) in [4.78, 5) is 0. The van der Waals surface area contributed by atoms with E-state index in [1.807, 2.05) is 6.07 Å². The number of hydrogen-bond acceptors (Lipinski definition) is 4. The first-order chi connectivity index (χ1) is 10.5. The molecule has 3 rings (SSSR count). The highest BCUT2D eigenvalue weighted by Crippen LogP contribution is 2.45. The number of anilines is 1. The molecule has 0 saturated carbocycles. The first kappa shape index (κ1) is 14.2. The quantitative estimate of drug-likeness (QED) is 0.791. The first-order valence-corrected chi connectivity index (χ1v) is 6.81. The zero-order chi connectivity index (χ0) is 15.9. The van der Waals surface area contributed by atoms with Crippen molar-refractivity contribution in [2.75, 3.05) is 5.73 Å². The summed E-state index contributed by atoms with van der Waals surface area (Å²) in [6.07, 6.45) is 0. The summed E-state index contributed by atoms with van der Waals surface area (Å²) in [7, 11) is 0. The number of nitrogens with two attached hydrogens (primary N) is 2. The first-order valence-electron chi connectivity index (χ1n) is 6.44. The molecule has 1 aliphatic rings. The monoisotopic (exact) mass is 315 g/mol.